The van der Waals surface area contributed by atoms with Gasteiger partial charge in [-0.3, -0.25) is 9.36 Å². The predicted molar refractivity (Wildman–Crippen MR) is 48.3 cm³/mol. The first-order valence-corrected chi connectivity index (χ1v) is 3.78. The second kappa shape index (κ2) is 2.32. The van der Waals surface area contributed by atoms with E-state index in [1.165, 1.54) is 4.57 Å². The van der Waals surface area contributed by atoms with Gasteiger partial charge in [0.2, 0.25) is 5.95 Å². The van der Waals surface area contributed by atoms with Gasteiger partial charge in [0, 0.05) is 7.05 Å². The molecule has 0 unspecified atom stereocenters. The molecule has 0 radical (unpaired) electrons. The highest BCUT2D eigenvalue weighted by Crippen LogP contribution is 2.04. The highest BCUT2D eigenvalue weighted by molar-refractivity contribution is 5.70. The zero-order valence-corrected chi connectivity index (χ0v) is 7.33. The lowest BCUT2D eigenvalue weighted by molar-refractivity contribution is 0.857. The van der Waals surface area contributed by atoms with Crippen molar-refractivity contribution in [3.05, 3.63) is 16.2 Å². The number of hydrogen-bond acceptors (Lipinski definition) is 4. The van der Waals surface area contributed by atoms with Crippen LogP contribution in [0.4, 0.5) is 5.95 Å². The maximum Gasteiger partial charge on any atom is 0.282 e. The van der Waals surface area contributed by atoms with Crippen molar-refractivity contribution >= 4 is 17.1 Å². The summed E-state index contributed by atoms with van der Waals surface area (Å²) in [6.45, 7) is 1.76. The van der Waals surface area contributed by atoms with Gasteiger partial charge in [-0.2, -0.15) is 4.98 Å². The van der Waals surface area contributed by atoms with E-state index < -0.39 is 0 Å². The topological polar surface area (TPSA) is 89.6 Å². The summed E-state index contributed by atoms with van der Waals surface area (Å²) in [5.41, 5.74) is 6.04. The maximum atomic E-state index is 11.5. The molecule has 0 spiro atoms. The smallest absolute Gasteiger partial charge is 0.282 e. The number of nitrogen functional groups attached to an aromatic ring is 1. The van der Waals surface area contributed by atoms with Crippen molar-refractivity contribution in [2.24, 2.45) is 7.05 Å². The Morgan fingerprint density at radius 3 is 2.85 bits per heavy atom. The Morgan fingerprint density at radius 1 is 1.46 bits per heavy atom. The third-order valence-corrected chi connectivity index (χ3v) is 1.88. The molecule has 0 fully saturated rings. The number of nitrogens with two attached hydrogens (primary N) is 1. The van der Waals surface area contributed by atoms with Crippen LogP contribution in [0.3, 0.4) is 0 Å². The summed E-state index contributed by atoms with van der Waals surface area (Å²) in [6, 6.07) is 0. The molecule has 2 aromatic heterocycles. The zero-order chi connectivity index (χ0) is 9.59. The number of aromatic amines is 1. The van der Waals surface area contributed by atoms with Gasteiger partial charge in [0.25, 0.3) is 5.56 Å². The number of rotatable bonds is 0. The molecule has 2 aromatic rings. The fraction of sp³-hybridized carbons (Fsp3) is 0.286. The summed E-state index contributed by atoms with van der Waals surface area (Å²) in [7, 11) is 1.56. The first-order chi connectivity index (χ1) is 6.09. The molecule has 0 saturated heterocycles. The van der Waals surface area contributed by atoms with Crippen LogP contribution in [-0.4, -0.2) is 19.5 Å². The van der Waals surface area contributed by atoms with E-state index in [-0.39, 0.29) is 11.5 Å². The summed E-state index contributed by atoms with van der Waals surface area (Å²) >= 11 is 0. The largest absolute Gasteiger partial charge is 0.369 e. The number of H-pyrrole nitrogens is 1. The average Bonchev–Trinajstić information content (AvgIpc) is 2.42. The molecular weight excluding hydrogens is 170 g/mol. The molecule has 0 aliphatic heterocycles. The maximum absolute atomic E-state index is 11.5. The third-order valence-electron chi connectivity index (χ3n) is 1.88. The highest BCUT2D eigenvalue weighted by atomic mass is 16.1. The van der Waals surface area contributed by atoms with E-state index >= 15 is 0 Å². The number of aryl methyl sites for hydroxylation is 1. The minimum atomic E-state index is -0.230. The first-order valence-electron chi connectivity index (χ1n) is 3.78. The molecule has 0 aliphatic rings. The van der Waals surface area contributed by atoms with Crippen molar-refractivity contribution < 1.29 is 0 Å². The zero-order valence-electron chi connectivity index (χ0n) is 7.33. The molecule has 0 aliphatic carbocycles. The van der Waals surface area contributed by atoms with Crippen LogP contribution in [0.1, 0.15) is 5.82 Å². The minimum Gasteiger partial charge on any atom is -0.369 e. The molecular formula is C7H9N5O. The monoisotopic (exact) mass is 179 g/mol. The van der Waals surface area contributed by atoms with Crippen molar-refractivity contribution in [1.29, 1.82) is 0 Å². The second-order valence-electron chi connectivity index (χ2n) is 2.85. The molecule has 0 atom stereocenters. The second-order valence-corrected chi connectivity index (χ2v) is 2.85. The van der Waals surface area contributed by atoms with E-state index in [0.717, 1.165) is 0 Å². The summed E-state index contributed by atoms with van der Waals surface area (Å²) in [6.07, 6.45) is 0. The Morgan fingerprint density at radius 2 is 2.15 bits per heavy atom. The normalized spacial score (nSPS) is 10.9. The molecule has 0 saturated carbocycles. The summed E-state index contributed by atoms with van der Waals surface area (Å²) in [5.74, 6) is 0.839. The third kappa shape index (κ3) is 0.986. The van der Waals surface area contributed by atoms with E-state index in [2.05, 4.69) is 15.0 Å². The van der Waals surface area contributed by atoms with Gasteiger partial charge in [0.1, 0.15) is 5.82 Å². The lowest BCUT2D eigenvalue weighted by atomic mass is 10.5. The molecule has 3 N–H and O–H groups in total. The number of nitrogens with one attached hydrogen (secondary N) is 1. The van der Waals surface area contributed by atoms with Crippen molar-refractivity contribution in [2.45, 2.75) is 6.92 Å². The van der Waals surface area contributed by atoms with Crippen molar-refractivity contribution in [3.63, 3.8) is 0 Å². The highest BCUT2D eigenvalue weighted by Gasteiger charge is 2.08. The number of nitrogens with zero attached hydrogens (tertiary/aromatic N) is 3. The summed E-state index contributed by atoms with van der Waals surface area (Å²) in [4.78, 5) is 22.4. The van der Waals surface area contributed by atoms with Gasteiger partial charge in [-0.25, -0.2) is 4.98 Å². The molecule has 13 heavy (non-hydrogen) atoms. The molecule has 0 aromatic carbocycles. The van der Waals surface area contributed by atoms with Gasteiger partial charge in [-0.15, -0.1) is 0 Å². The van der Waals surface area contributed by atoms with E-state index in [4.69, 9.17) is 5.73 Å². The van der Waals surface area contributed by atoms with E-state index in [1.807, 2.05) is 0 Å². The Kier molecular flexibility index (Phi) is 1.39. The lowest BCUT2D eigenvalue weighted by Gasteiger charge is -1.99. The number of aromatic nitrogens is 4. The molecule has 6 heteroatoms. The van der Waals surface area contributed by atoms with Crippen LogP contribution in [-0.2, 0) is 7.05 Å². The van der Waals surface area contributed by atoms with Gasteiger partial charge in [0.05, 0.1) is 0 Å². The van der Waals surface area contributed by atoms with Gasteiger partial charge < -0.3 is 10.7 Å². The Balaban J connectivity index is 3.01. The molecule has 0 bridgehead atoms. The molecule has 2 heterocycles. The quantitative estimate of drug-likeness (QED) is 0.573. The van der Waals surface area contributed by atoms with Crippen LogP contribution in [0.25, 0.3) is 11.2 Å². The number of imidazole rings is 1. The van der Waals surface area contributed by atoms with E-state index in [9.17, 15) is 4.79 Å². The van der Waals surface area contributed by atoms with Crippen molar-refractivity contribution in [1.82, 2.24) is 19.5 Å². The average molecular weight is 179 g/mol. The van der Waals surface area contributed by atoms with Gasteiger partial charge >= 0.3 is 0 Å². The fourth-order valence-electron chi connectivity index (χ4n) is 1.16. The Hall–Kier alpha value is -1.85. The minimum absolute atomic E-state index is 0.182. The van der Waals surface area contributed by atoms with Crippen molar-refractivity contribution in [3.8, 4) is 0 Å². The van der Waals surface area contributed by atoms with Gasteiger partial charge in [0.15, 0.2) is 11.2 Å². The number of anilines is 1. The number of hydrogen-bond donors (Lipinski definition) is 2. The predicted octanol–water partition coefficient (Wildman–Crippen LogP) is -0.453. The standard InChI is InChI=1S/C7H9N5O/c1-3-9-4-5(10-3)11-7(8)12(2)6(4)13/h1-2H3,(H2,8,11)(H,9,10). The molecule has 68 valence electrons. The first kappa shape index (κ1) is 7.78. The molecule has 6 nitrogen and oxygen atoms in total. The van der Waals surface area contributed by atoms with Crippen LogP contribution in [0.15, 0.2) is 4.79 Å². The number of fused-ring (bicyclic) bond motifs is 1. The van der Waals surface area contributed by atoms with Crippen LogP contribution in [0, 0.1) is 6.92 Å². The molecule has 0 amide bonds. The van der Waals surface area contributed by atoms with Crippen molar-refractivity contribution in [2.75, 3.05) is 5.73 Å². The summed E-state index contributed by atoms with van der Waals surface area (Å²) in [5, 5.41) is 0. The fourth-order valence-corrected chi connectivity index (χ4v) is 1.16. The van der Waals surface area contributed by atoms with Crippen LogP contribution >= 0.6 is 0 Å². The van der Waals surface area contributed by atoms with E-state index in [0.29, 0.717) is 17.0 Å². The summed E-state index contributed by atoms with van der Waals surface area (Å²) < 4.78 is 1.27. The van der Waals surface area contributed by atoms with Crippen LogP contribution in [0.5, 0.6) is 0 Å². The van der Waals surface area contributed by atoms with Crippen LogP contribution < -0.4 is 11.3 Å². The molecule has 2 rings (SSSR count). The lowest BCUT2D eigenvalue weighted by Crippen LogP contribution is -2.21. The van der Waals surface area contributed by atoms with Gasteiger partial charge in [-0.1, -0.05) is 0 Å². The van der Waals surface area contributed by atoms with Gasteiger partial charge in [-0.05, 0) is 6.92 Å². The Bertz CT molecular complexity index is 523. The van der Waals surface area contributed by atoms with E-state index in [1.54, 1.807) is 14.0 Å². The Labute approximate surface area is 73.4 Å². The SMILES string of the molecule is Cc1nc2c(=O)n(C)c(N)nc2[nH]1. The van der Waals surface area contributed by atoms with Crippen LogP contribution in [0.2, 0.25) is 0 Å².